The first-order chi connectivity index (χ1) is 8.68. The van der Waals surface area contributed by atoms with E-state index in [9.17, 15) is 0 Å². The molecule has 1 aromatic carbocycles. The van der Waals surface area contributed by atoms with Gasteiger partial charge in [-0.1, -0.05) is 36.9 Å². The molecule has 4 heteroatoms. The summed E-state index contributed by atoms with van der Waals surface area (Å²) in [6.07, 6.45) is 1.71. The van der Waals surface area contributed by atoms with Crippen LogP contribution in [0.1, 0.15) is 24.4 Å². The van der Waals surface area contributed by atoms with Gasteiger partial charge in [0.15, 0.2) is 0 Å². The second-order valence-electron chi connectivity index (χ2n) is 4.37. The SMILES string of the molecule is C=C(CNC(C)c1nncn1C)c1ccccc1. The number of aromatic nitrogens is 3. The van der Waals surface area contributed by atoms with E-state index in [1.54, 1.807) is 6.33 Å². The van der Waals surface area contributed by atoms with Gasteiger partial charge < -0.3 is 9.88 Å². The first-order valence-corrected chi connectivity index (χ1v) is 5.99. The molecule has 1 aromatic heterocycles. The zero-order chi connectivity index (χ0) is 13.0. The highest BCUT2D eigenvalue weighted by molar-refractivity contribution is 5.64. The molecule has 0 aliphatic heterocycles. The summed E-state index contributed by atoms with van der Waals surface area (Å²) in [4.78, 5) is 0. The van der Waals surface area contributed by atoms with Gasteiger partial charge in [0.25, 0.3) is 0 Å². The Morgan fingerprint density at radius 3 is 2.72 bits per heavy atom. The van der Waals surface area contributed by atoms with Crippen molar-refractivity contribution in [3.05, 3.63) is 54.6 Å². The molecule has 4 nitrogen and oxygen atoms in total. The Morgan fingerprint density at radius 1 is 1.39 bits per heavy atom. The fourth-order valence-electron chi connectivity index (χ4n) is 1.83. The number of hydrogen-bond donors (Lipinski definition) is 1. The van der Waals surface area contributed by atoms with Gasteiger partial charge in [-0.25, -0.2) is 0 Å². The van der Waals surface area contributed by atoms with Crippen molar-refractivity contribution in [2.24, 2.45) is 7.05 Å². The van der Waals surface area contributed by atoms with E-state index in [2.05, 4.69) is 41.1 Å². The van der Waals surface area contributed by atoms with E-state index < -0.39 is 0 Å². The molecule has 2 rings (SSSR count). The summed E-state index contributed by atoms with van der Waals surface area (Å²) < 4.78 is 1.92. The van der Waals surface area contributed by atoms with E-state index >= 15 is 0 Å². The molecule has 1 N–H and O–H groups in total. The lowest BCUT2D eigenvalue weighted by Gasteiger charge is -2.14. The van der Waals surface area contributed by atoms with Gasteiger partial charge in [0.1, 0.15) is 12.2 Å². The Labute approximate surface area is 107 Å². The molecule has 0 radical (unpaired) electrons. The molecule has 94 valence electrons. The lowest BCUT2D eigenvalue weighted by Crippen LogP contribution is -2.23. The molecule has 0 saturated heterocycles. The van der Waals surface area contributed by atoms with E-state index in [4.69, 9.17) is 0 Å². The first kappa shape index (κ1) is 12.5. The Morgan fingerprint density at radius 2 is 2.11 bits per heavy atom. The van der Waals surface area contributed by atoms with E-state index in [0.717, 1.165) is 23.5 Å². The minimum Gasteiger partial charge on any atom is -0.319 e. The maximum Gasteiger partial charge on any atom is 0.149 e. The van der Waals surface area contributed by atoms with Crippen LogP contribution in [0, 0.1) is 0 Å². The van der Waals surface area contributed by atoms with Gasteiger partial charge in [0.05, 0.1) is 6.04 Å². The molecule has 18 heavy (non-hydrogen) atoms. The second kappa shape index (κ2) is 5.60. The van der Waals surface area contributed by atoms with Crippen LogP contribution in [0.15, 0.2) is 43.2 Å². The molecule has 0 aliphatic carbocycles. The minimum absolute atomic E-state index is 0.151. The van der Waals surface area contributed by atoms with E-state index in [1.165, 1.54) is 0 Å². The van der Waals surface area contributed by atoms with Crippen LogP contribution in [-0.4, -0.2) is 21.3 Å². The molecule has 0 amide bonds. The number of rotatable bonds is 5. The average molecular weight is 242 g/mol. The lowest BCUT2D eigenvalue weighted by atomic mass is 10.1. The Kier molecular flexibility index (Phi) is 3.89. The molecule has 0 fully saturated rings. The molecule has 0 saturated carbocycles. The van der Waals surface area contributed by atoms with Crippen LogP contribution >= 0.6 is 0 Å². The predicted octanol–water partition coefficient (Wildman–Crippen LogP) is 2.18. The van der Waals surface area contributed by atoms with Crippen molar-refractivity contribution in [1.29, 1.82) is 0 Å². The van der Waals surface area contributed by atoms with Gasteiger partial charge in [0, 0.05) is 13.6 Å². The van der Waals surface area contributed by atoms with Crippen LogP contribution in [0.5, 0.6) is 0 Å². The third kappa shape index (κ3) is 2.84. The fraction of sp³-hybridized carbons (Fsp3) is 0.286. The monoisotopic (exact) mass is 242 g/mol. The normalized spacial score (nSPS) is 12.3. The molecule has 0 spiro atoms. The molecule has 1 unspecified atom stereocenters. The Hall–Kier alpha value is -1.94. The van der Waals surface area contributed by atoms with Gasteiger partial charge in [-0.2, -0.15) is 0 Å². The van der Waals surface area contributed by atoms with Crippen molar-refractivity contribution in [2.45, 2.75) is 13.0 Å². The van der Waals surface area contributed by atoms with Crippen LogP contribution in [0.3, 0.4) is 0 Å². The van der Waals surface area contributed by atoms with Crippen LogP contribution in [0.2, 0.25) is 0 Å². The van der Waals surface area contributed by atoms with Gasteiger partial charge in [0.2, 0.25) is 0 Å². The first-order valence-electron chi connectivity index (χ1n) is 5.99. The molecule has 0 aliphatic rings. The highest BCUT2D eigenvalue weighted by atomic mass is 15.3. The smallest absolute Gasteiger partial charge is 0.149 e. The van der Waals surface area contributed by atoms with Crippen molar-refractivity contribution in [2.75, 3.05) is 6.54 Å². The predicted molar refractivity (Wildman–Crippen MR) is 72.9 cm³/mol. The summed E-state index contributed by atoms with van der Waals surface area (Å²) in [5.74, 6) is 0.927. The van der Waals surface area contributed by atoms with Crippen molar-refractivity contribution in [3.63, 3.8) is 0 Å². The third-order valence-electron chi connectivity index (χ3n) is 2.94. The average Bonchev–Trinajstić information content (AvgIpc) is 2.83. The highest BCUT2D eigenvalue weighted by Gasteiger charge is 2.10. The Bertz CT molecular complexity index is 516. The molecule has 1 heterocycles. The summed E-state index contributed by atoms with van der Waals surface area (Å²) in [7, 11) is 1.94. The number of nitrogens with one attached hydrogen (secondary N) is 1. The van der Waals surface area contributed by atoms with Crippen LogP contribution in [0.4, 0.5) is 0 Å². The summed E-state index contributed by atoms with van der Waals surface area (Å²) in [5.41, 5.74) is 2.24. The largest absolute Gasteiger partial charge is 0.319 e. The summed E-state index contributed by atoms with van der Waals surface area (Å²) in [6, 6.07) is 10.3. The highest BCUT2D eigenvalue weighted by Crippen LogP contribution is 2.13. The van der Waals surface area contributed by atoms with E-state index in [-0.39, 0.29) is 6.04 Å². The summed E-state index contributed by atoms with van der Waals surface area (Å²) in [6.45, 7) is 6.90. The minimum atomic E-state index is 0.151. The molecule has 0 bridgehead atoms. The van der Waals surface area contributed by atoms with Gasteiger partial charge in [-0.3, -0.25) is 0 Å². The van der Waals surface area contributed by atoms with Crippen molar-refractivity contribution < 1.29 is 0 Å². The lowest BCUT2D eigenvalue weighted by molar-refractivity contribution is 0.563. The van der Waals surface area contributed by atoms with Gasteiger partial charge in [-0.05, 0) is 18.1 Å². The summed E-state index contributed by atoms with van der Waals surface area (Å²) >= 11 is 0. The number of aryl methyl sites for hydroxylation is 1. The zero-order valence-electron chi connectivity index (χ0n) is 10.8. The maximum atomic E-state index is 4.10. The van der Waals surface area contributed by atoms with E-state index in [1.807, 2.05) is 29.8 Å². The quantitative estimate of drug-likeness (QED) is 0.874. The maximum absolute atomic E-state index is 4.10. The molecular weight excluding hydrogens is 224 g/mol. The molecule has 2 aromatic rings. The van der Waals surface area contributed by atoms with Gasteiger partial charge >= 0.3 is 0 Å². The third-order valence-corrected chi connectivity index (χ3v) is 2.94. The Balaban J connectivity index is 1.93. The van der Waals surface area contributed by atoms with Crippen LogP contribution in [0.25, 0.3) is 5.57 Å². The standard InChI is InChI=1S/C14H18N4/c1-11(13-7-5-4-6-8-13)9-15-12(2)14-17-16-10-18(14)3/h4-8,10,12,15H,1,9H2,2-3H3. The van der Waals surface area contributed by atoms with E-state index in [0.29, 0.717) is 0 Å². The van der Waals surface area contributed by atoms with Crippen LogP contribution < -0.4 is 5.32 Å². The van der Waals surface area contributed by atoms with Crippen molar-refractivity contribution >= 4 is 5.57 Å². The number of hydrogen-bond acceptors (Lipinski definition) is 3. The van der Waals surface area contributed by atoms with Crippen molar-refractivity contribution in [1.82, 2.24) is 20.1 Å². The molecular formula is C14H18N4. The fourth-order valence-corrected chi connectivity index (χ4v) is 1.83. The van der Waals surface area contributed by atoms with Crippen LogP contribution in [-0.2, 0) is 7.05 Å². The summed E-state index contributed by atoms with van der Waals surface area (Å²) in [5, 5.41) is 11.4. The molecule has 1 atom stereocenters. The van der Waals surface area contributed by atoms with Gasteiger partial charge in [-0.15, -0.1) is 10.2 Å². The van der Waals surface area contributed by atoms with Crippen molar-refractivity contribution in [3.8, 4) is 0 Å². The number of nitrogens with zero attached hydrogens (tertiary/aromatic N) is 3. The zero-order valence-corrected chi connectivity index (χ0v) is 10.8. The second-order valence-corrected chi connectivity index (χ2v) is 4.37. The topological polar surface area (TPSA) is 42.7 Å². The number of benzene rings is 1.